The average Bonchev–Trinajstić information content (AvgIpc) is 2.44. The molecule has 3 heteroatoms. The normalized spacial score (nSPS) is 12.4. The molecule has 0 spiro atoms. The third kappa shape index (κ3) is 7.44. The molecule has 1 aromatic carbocycles. The molecule has 19 heavy (non-hydrogen) atoms. The standard InChI is InChI=1S/C16H26ClNO/c1-3-5-6-14(4-2)13-19-12-11-18-16-9-7-15(17)8-10-16/h7-10,14,18H,3-6,11-13H2,1-2H3. The molecule has 108 valence electrons. The highest BCUT2D eigenvalue weighted by atomic mass is 35.5. The first-order valence-corrected chi connectivity index (χ1v) is 7.71. The van der Waals surface area contributed by atoms with Crippen LogP contribution in [0.25, 0.3) is 0 Å². The highest BCUT2D eigenvalue weighted by Crippen LogP contribution is 2.14. The van der Waals surface area contributed by atoms with Gasteiger partial charge in [0.1, 0.15) is 0 Å². The number of ether oxygens (including phenoxy) is 1. The van der Waals surface area contributed by atoms with Gasteiger partial charge in [0.05, 0.1) is 6.61 Å². The van der Waals surface area contributed by atoms with Crippen LogP contribution in [0.15, 0.2) is 24.3 Å². The van der Waals surface area contributed by atoms with Crippen molar-refractivity contribution in [3.8, 4) is 0 Å². The lowest BCUT2D eigenvalue weighted by atomic mass is 10.0. The van der Waals surface area contributed by atoms with Crippen LogP contribution in [0.2, 0.25) is 5.02 Å². The quantitative estimate of drug-likeness (QED) is 0.611. The largest absolute Gasteiger partial charge is 0.383 e. The van der Waals surface area contributed by atoms with Crippen LogP contribution in [0.1, 0.15) is 39.5 Å². The van der Waals surface area contributed by atoms with E-state index in [2.05, 4.69) is 19.2 Å². The summed E-state index contributed by atoms with van der Waals surface area (Å²) in [6.45, 7) is 6.97. The molecule has 2 nitrogen and oxygen atoms in total. The van der Waals surface area contributed by atoms with Crippen molar-refractivity contribution in [2.75, 3.05) is 25.1 Å². The Kier molecular flexibility index (Phi) is 8.68. The predicted molar refractivity (Wildman–Crippen MR) is 84.1 cm³/mol. The van der Waals surface area contributed by atoms with Gasteiger partial charge in [0, 0.05) is 23.9 Å². The second kappa shape index (κ2) is 10.1. The minimum absolute atomic E-state index is 0.718. The van der Waals surface area contributed by atoms with Gasteiger partial charge < -0.3 is 10.1 Å². The Labute approximate surface area is 122 Å². The molecule has 1 N–H and O–H groups in total. The number of halogens is 1. The summed E-state index contributed by atoms with van der Waals surface area (Å²) in [7, 11) is 0. The van der Waals surface area contributed by atoms with E-state index in [1.54, 1.807) is 0 Å². The summed E-state index contributed by atoms with van der Waals surface area (Å²) in [6.07, 6.45) is 5.09. The van der Waals surface area contributed by atoms with Crippen LogP contribution in [0.3, 0.4) is 0 Å². The van der Waals surface area contributed by atoms with Crippen LogP contribution < -0.4 is 5.32 Å². The SMILES string of the molecule is CCCCC(CC)COCCNc1ccc(Cl)cc1. The minimum atomic E-state index is 0.718. The van der Waals surface area contributed by atoms with Gasteiger partial charge in [-0.25, -0.2) is 0 Å². The Balaban J connectivity index is 2.08. The molecule has 1 unspecified atom stereocenters. The molecule has 1 aromatic rings. The highest BCUT2D eigenvalue weighted by Gasteiger charge is 2.05. The maximum Gasteiger partial charge on any atom is 0.0639 e. The second-order valence-electron chi connectivity index (χ2n) is 4.93. The van der Waals surface area contributed by atoms with E-state index in [0.717, 1.165) is 36.4 Å². The fourth-order valence-corrected chi connectivity index (χ4v) is 2.11. The van der Waals surface area contributed by atoms with E-state index >= 15 is 0 Å². The third-order valence-electron chi connectivity index (χ3n) is 3.32. The minimum Gasteiger partial charge on any atom is -0.383 e. The topological polar surface area (TPSA) is 21.3 Å². The molecule has 0 aromatic heterocycles. The van der Waals surface area contributed by atoms with Crippen LogP contribution in [0.4, 0.5) is 5.69 Å². The Hall–Kier alpha value is -0.730. The van der Waals surface area contributed by atoms with E-state index in [9.17, 15) is 0 Å². The van der Waals surface area contributed by atoms with Crippen LogP contribution >= 0.6 is 11.6 Å². The number of benzene rings is 1. The summed E-state index contributed by atoms with van der Waals surface area (Å²) in [5.41, 5.74) is 1.09. The molecule has 0 aliphatic carbocycles. The highest BCUT2D eigenvalue weighted by molar-refractivity contribution is 6.30. The van der Waals surface area contributed by atoms with Gasteiger partial charge in [0.2, 0.25) is 0 Å². The summed E-state index contributed by atoms with van der Waals surface area (Å²) >= 11 is 5.84. The molecule has 1 rings (SSSR count). The van der Waals surface area contributed by atoms with Crippen molar-refractivity contribution in [2.45, 2.75) is 39.5 Å². The molecule has 0 amide bonds. The Morgan fingerprint density at radius 1 is 1.21 bits per heavy atom. The van der Waals surface area contributed by atoms with E-state index in [1.165, 1.54) is 25.7 Å². The smallest absolute Gasteiger partial charge is 0.0639 e. The van der Waals surface area contributed by atoms with Gasteiger partial charge in [0.25, 0.3) is 0 Å². The molecular formula is C16H26ClNO. The van der Waals surface area contributed by atoms with Gasteiger partial charge in [-0.3, -0.25) is 0 Å². The molecule has 0 heterocycles. The van der Waals surface area contributed by atoms with Crippen LogP contribution in [-0.4, -0.2) is 19.8 Å². The van der Waals surface area contributed by atoms with Crippen molar-refractivity contribution < 1.29 is 4.74 Å². The number of unbranched alkanes of at least 4 members (excludes halogenated alkanes) is 1. The lowest BCUT2D eigenvalue weighted by Crippen LogP contribution is -2.14. The lowest BCUT2D eigenvalue weighted by molar-refractivity contribution is 0.102. The summed E-state index contributed by atoms with van der Waals surface area (Å²) in [4.78, 5) is 0. The molecule has 0 bridgehead atoms. The molecule has 0 saturated heterocycles. The van der Waals surface area contributed by atoms with E-state index in [4.69, 9.17) is 16.3 Å². The number of rotatable bonds is 10. The summed E-state index contributed by atoms with van der Waals surface area (Å²) in [5.74, 6) is 0.718. The van der Waals surface area contributed by atoms with Gasteiger partial charge in [-0.15, -0.1) is 0 Å². The third-order valence-corrected chi connectivity index (χ3v) is 3.57. The first kappa shape index (κ1) is 16.3. The van der Waals surface area contributed by atoms with Gasteiger partial charge in [-0.1, -0.05) is 44.7 Å². The van der Waals surface area contributed by atoms with Crippen LogP contribution in [0, 0.1) is 5.92 Å². The maximum atomic E-state index is 5.84. The molecule has 0 radical (unpaired) electrons. The van der Waals surface area contributed by atoms with Crippen molar-refractivity contribution in [3.05, 3.63) is 29.3 Å². The summed E-state index contributed by atoms with van der Waals surface area (Å²) < 4.78 is 5.74. The van der Waals surface area contributed by atoms with Crippen LogP contribution in [-0.2, 0) is 4.74 Å². The Morgan fingerprint density at radius 3 is 2.58 bits per heavy atom. The Morgan fingerprint density at radius 2 is 1.95 bits per heavy atom. The molecule has 0 fully saturated rings. The van der Waals surface area contributed by atoms with E-state index in [-0.39, 0.29) is 0 Å². The number of hydrogen-bond donors (Lipinski definition) is 1. The van der Waals surface area contributed by atoms with Crippen molar-refractivity contribution >= 4 is 17.3 Å². The first-order valence-electron chi connectivity index (χ1n) is 7.33. The van der Waals surface area contributed by atoms with Gasteiger partial charge in [-0.05, 0) is 36.6 Å². The fraction of sp³-hybridized carbons (Fsp3) is 0.625. The average molecular weight is 284 g/mol. The maximum absolute atomic E-state index is 5.84. The molecule has 0 aliphatic rings. The fourth-order valence-electron chi connectivity index (χ4n) is 1.98. The van der Waals surface area contributed by atoms with Crippen molar-refractivity contribution in [1.29, 1.82) is 0 Å². The monoisotopic (exact) mass is 283 g/mol. The van der Waals surface area contributed by atoms with Gasteiger partial charge >= 0.3 is 0 Å². The zero-order valence-corrected chi connectivity index (χ0v) is 12.9. The van der Waals surface area contributed by atoms with Crippen molar-refractivity contribution in [3.63, 3.8) is 0 Å². The molecule has 1 atom stereocenters. The van der Waals surface area contributed by atoms with E-state index in [0.29, 0.717) is 0 Å². The molecule has 0 aliphatic heterocycles. The predicted octanol–water partition coefficient (Wildman–Crippen LogP) is 4.98. The zero-order chi connectivity index (χ0) is 13.9. The number of anilines is 1. The second-order valence-corrected chi connectivity index (χ2v) is 5.36. The van der Waals surface area contributed by atoms with Gasteiger partial charge in [0.15, 0.2) is 0 Å². The number of hydrogen-bond acceptors (Lipinski definition) is 2. The van der Waals surface area contributed by atoms with Crippen molar-refractivity contribution in [2.24, 2.45) is 5.92 Å². The van der Waals surface area contributed by atoms with Gasteiger partial charge in [-0.2, -0.15) is 0 Å². The molecule has 0 saturated carbocycles. The van der Waals surface area contributed by atoms with Crippen LogP contribution in [0.5, 0.6) is 0 Å². The van der Waals surface area contributed by atoms with E-state index < -0.39 is 0 Å². The summed E-state index contributed by atoms with van der Waals surface area (Å²) in [5, 5.41) is 4.09. The zero-order valence-electron chi connectivity index (χ0n) is 12.1. The number of nitrogens with one attached hydrogen (secondary N) is 1. The Bertz CT molecular complexity index is 326. The lowest BCUT2D eigenvalue weighted by Gasteiger charge is -2.15. The molecular weight excluding hydrogens is 258 g/mol. The van der Waals surface area contributed by atoms with Crippen molar-refractivity contribution in [1.82, 2.24) is 0 Å². The summed E-state index contributed by atoms with van der Waals surface area (Å²) in [6, 6.07) is 7.75. The van der Waals surface area contributed by atoms with E-state index in [1.807, 2.05) is 24.3 Å². The first-order chi connectivity index (χ1) is 9.26.